The number of nitrogens with two attached hydrogens (primary N) is 1. The maximum absolute atomic E-state index is 5.95. The molecule has 2 heterocycles. The van der Waals surface area contributed by atoms with Crippen LogP contribution in [0.25, 0.3) is 0 Å². The Morgan fingerprint density at radius 2 is 2.19 bits per heavy atom. The lowest BCUT2D eigenvalue weighted by atomic mass is 10.0. The number of hydrogen-bond acceptors (Lipinski definition) is 4. The summed E-state index contributed by atoms with van der Waals surface area (Å²) >= 11 is 0. The lowest BCUT2D eigenvalue weighted by molar-refractivity contribution is 0.00929. The van der Waals surface area contributed by atoms with Crippen LogP contribution < -0.4 is 5.73 Å². The lowest BCUT2D eigenvalue weighted by Gasteiger charge is -2.22. The molecule has 2 N–H and O–H groups in total. The molecule has 4 heteroatoms. The molecule has 0 radical (unpaired) electrons. The number of aromatic nitrogens is 2. The highest BCUT2D eigenvalue weighted by Gasteiger charge is 2.35. The summed E-state index contributed by atoms with van der Waals surface area (Å²) in [6.45, 7) is 6.88. The molecule has 0 amide bonds. The summed E-state index contributed by atoms with van der Waals surface area (Å²) in [6.07, 6.45) is 2.90. The number of anilines is 1. The van der Waals surface area contributed by atoms with Crippen molar-refractivity contribution in [1.29, 1.82) is 0 Å². The molecule has 1 unspecified atom stereocenters. The number of rotatable bonds is 2. The lowest BCUT2D eigenvalue weighted by Crippen LogP contribution is -2.25. The molecular formula is C12H19N3O. The summed E-state index contributed by atoms with van der Waals surface area (Å²) in [5, 5.41) is 0. The average Bonchev–Trinajstić information content (AvgIpc) is 2.66. The monoisotopic (exact) mass is 221 g/mol. The van der Waals surface area contributed by atoms with Crippen LogP contribution in [0.3, 0.4) is 0 Å². The van der Waals surface area contributed by atoms with Crippen LogP contribution in [-0.2, 0) is 16.8 Å². The molecule has 0 saturated carbocycles. The van der Waals surface area contributed by atoms with Gasteiger partial charge in [-0.05, 0) is 33.1 Å². The van der Waals surface area contributed by atoms with Crippen LogP contribution in [0, 0.1) is 6.92 Å². The molecule has 1 saturated heterocycles. The van der Waals surface area contributed by atoms with E-state index in [0.29, 0.717) is 5.82 Å². The second-order valence-corrected chi connectivity index (χ2v) is 4.53. The molecule has 1 fully saturated rings. The van der Waals surface area contributed by atoms with E-state index in [1.807, 2.05) is 13.8 Å². The van der Waals surface area contributed by atoms with Crippen LogP contribution in [0.2, 0.25) is 0 Å². The smallest absolute Gasteiger partial charge is 0.162 e. The Labute approximate surface area is 96.2 Å². The van der Waals surface area contributed by atoms with E-state index in [2.05, 4.69) is 16.9 Å². The van der Waals surface area contributed by atoms with Crippen LogP contribution in [-0.4, -0.2) is 16.6 Å². The van der Waals surface area contributed by atoms with Crippen molar-refractivity contribution in [2.45, 2.75) is 45.6 Å². The highest BCUT2D eigenvalue weighted by molar-refractivity contribution is 5.42. The van der Waals surface area contributed by atoms with Gasteiger partial charge >= 0.3 is 0 Å². The zero-order valence-corrected chi connectivity index (χ0v) is 10.2. The SMILES string of the molecule is CCc1c(C)nc(C2(C)CCCO2)nc1N. The van der Waals surface area contributed by atoms with Crippen LogP contribution in [0.5, 0.6) is 0 Å². The van der Waals surface area contributed by atoms with Crippen molar-refractivity contribution in [1.82, 2.24) is 9.97 Å². The van der Waals surface area contributed by atoms with Gasteiger partial charge in [0.1, 0.15) is 11.4 Å². The topological polar surface area (TPSA) is 61.0 Å². The van der Waals surface area contributed by atoms with E-state index >= 15 is 0 Å². The molecule has 0 aromatic carbocycles. The van der Waals surface area contributed by atoms with E-state index in [1.54, 1.807) is 0 Å². The van der Waals surface area contributed by atoms with Crippen molar-refractivity contribution in [3.05, 3.63) is 17.1 Å². The van der Waals surface area contributed by atoms with E-state index in [-0.39, 0.29) is 5.60 Å². The third-order valence-electron chi connectivity index (χ3n) is 3.29. The van der Waals surface area contributed by atoms with Gasteiger partial charge in [-0.1, -0.05) is 6.92 Å². The molecule has 1 aliphatic heterocycles. The highest BCUT2D eigenvalue weighted by Crippen LogP contribution is 2.34. The largest absolute Gasteiger partial charge is 0.383 e. The number of nitrogen functional groups attached to an aromatic ring is 1. The fraction of sp³-hybridized carbons (Fsp3) is 0.667. The van der Waals surface area contributed by atoms with Gasteiger partial charge in [0, 0.05) is 17.9 Å². The Balaban J connectivity index is 2.43. The van der Waals surface area contributed by atoms with Crippen LogP contribution in [0.4, 0.5) is 5.82 Å². The van der Waals surface area contributed by atoms with E-state index in [9.17, 15) is 0 Å². The first kappa shape index (κ1) is 11.3. The molecular weight excluding hydrogens is 202 g/mol. The van der Waals surface area contributed by atoms with Crippen molar-refractivity contribution in [2.24, 2.45) is 0 Å². The number of hydrogen-bond donors (Lipinski definition) is 1. The van der Waals surface area contributed by atoms with Crippen molar-refractivity contribution in [3.63, 3.8) is 0 Å². The first-order valence-electron chi connectivity index (χ1n) is 5.84. The second-order valence-electron chi connectivity index (χ2n) is 4.53. The molecule has 4 nitrogen and oxygen atoms in total. The number of aryl methyl sites for hydroxylation is 1. The fourth-order valence-corrected chi connectivity index (χ4v) is 2.25. The normalized spacial score (nSPS) is 24.9. The summed E-state index contributed by atoms with van der Waals surface area (Å²) in [5.41, 5.74) is 7.63. The molecule has 0 bridgehead atoms. The Kier molecular flexibility index (Phi) is 2.84. The standard InChI is InChI=1S/C12H19N3O/c1-4-9-8(2)14-11(15-10(9)13)12(3)6-5-7-16-12/h4-7H2,1-3H3,(H2,13,14,15). The van der Waals surface area contributed by atoms with E-state index in [4.69, 9.17) is 10.5 Å². The van der Waals surface area contributed by atoms with E-state index in [0.717, 1.165) is 43.0 Å². The Morgan fingerprint density at radius 1 is 1.44 bits per heavy atom. The predicted octanol–water partition coefficient (Wildman–Crippen LogP) is 1.96. The maximum Gasteiger partial charge on any atom is 0.162 e. The summed E-state index contributed by atoms with van der Waals surface area (Å²) in [4.78, 5) is 8.94. The van der Waals surface area contributed by atoms with Gasteiger partial charge in [0.25, 0.3) is 0 Å². The van der Waals surface area contributed by atoms with Crippen molar-refractivity contribution >= 4 is 5.82 Å². The Morgan fingerprint density at radius 3 is 2.69 bits per heavy atom. The van der Waals surface area contributed by atoms with Gasteiger partial charge in [0.15, 0.2) is 5.82 Å². The van der Waals surface area contributed by atoms with Crippen LogP contribution >= 0.6 is 0 Å². The predicted molar refractivity (Wildman–Crippen MR) is 63.1 cm³/mol. The molecule has 16 heavy (non-hydrogen) atoms. The van der Waals surface area contributed by atoms with Crippen molar-refractivity contribution in [3.8, 4) is 0 Å². The number of nitrogens with zero attached hydrogens (tertiary/aromatic N) is 2. The van der Waals surface area contributed by atoms with E-state index < -0.39 is 0 Å². The zero-order chi connectivity index (χ0) is 11.8. The highest BCUT2D eigenvalue weighted by atomic mass is 16.5. The minimum Gasteiger partial charge on any atom is -0.383 e. The zero-order valence-electron chi connectivity index (χ0n) is 10.2. The van der Waals surface area contributed by atoms with Crippen LogP contribution in [0.15, 0.2) is 0 Å². The quantitative estimate of drug-likeness (QED) is 0.829. The van der Waals surface area contributed by atoms with Crippen molar-refractivity contribution in [2.75, 3.05) is 12.3 Å². The van der Waals surface area contributed by atoms with Gasteiger partial charge in [0.05, 0.1) is 0 Å². The molecule has 1 aliphatic rings. The van der Waals surface area contributed by atoms with Gasteiger partial charge in [-0.25, -0.2) is 9.97 Å². The summed E-state index contributed by atoms with van der Waals surface area (Å²) in [6, 6.07) is 0. The summed E-state index contributed by atoms with van der Waals surface area (Å²) in [7, 11) is 0. The van der Waals surface area contributed by atoms with Gasteiger partial charge < -0.3 is 10.5 Å². The van der Waals surface area contributed by atoms with Gasteiger partial charge in [-0.2, -0.15) is 0 Å². The average molecular weight is 221 g/mol. The van der Waals surface area contributed by atoms with Gasteiger partial charge in [-0.3, -0.25) is 0 Å². The minimum absolute atomic E-state index is 0.342. The molecule has 1 aromatic rings. The Hall–Kier alpha value is -1.16. The second kappa shape index (κ2) is 4.01. The molecule has 88 valence electrons. The fourth-order valence-electron chi connectivity index (χ4n) is 2.25. The van der Waals surface area contributed by atoms with E-state index in [1.165, 1.54) is 0 Å². The minimum atomic E-state index is -0.342. The summed E-state index contributed by atoms with van der Waals surface area (Å²) < 4.78 is 5.73. The maximum atomic E-state index is 5.95. The summed E-state index contributed by atoms with van der Waals surface area (Å²) in [5.74, 6) is 1.33. The molecule has 1 aromatic heterocycles. The third-order valence-corrected chi connectivity index (χ3v) is 3.29. The molecule has 1 atom stereocenters. The number of ether oxygens (including phenoxy) is 1. The van der Waals surface area contributed by atoms with Crippen LogP contribution in [0.1, 0.15) is 43.8 Å². The Bertz CT molecular complexity index is 374. The van der Waals surface area contributed by atoms with Crippen molar-refractivity contribution < 1.29 is 4.74 Å². The van der Waals surface area contributed by atoms with Gasteiger partial charge in [0.2, 0.25) is 0 Å². The third kappa shape index (κ3) is 1.78. The molecule has 0 spiro atoms. The molecule has 0 aliphatic carbocycles. The first-order chi connectivity index (χ1) is 7.57. The van der Waals surface area contributed by atoms with Gasteiger partial charge in [-0.15, -0.1) is 0 Å². The molecule has 2 rings (SSSR count). The first-order valence-corrected chi connectivity index (χ1v) is 5.84.